The van der Waals surface area contributed by atoms with Crippen LogP contribution in [0.4, 0.5) is 4.79 Å². The Labute approximate surface area is 210 Å². The summed E-state index contributed by atoms with van der Waals surface area (Å²) in [6.07, 6.45) is -0.744. The van der Waals surface area contributed by atoms with Crippen molar-refractivity contribution >= 4 is 12.0 Å². The Balaban J connectivity index is 1.82. The molecule has 36 heavy (non-hydrogen) atoms. The van der Waals surface area contributed by atoms with Crippen LogP contribution in [-0.4, -0.2) is 34.4 Å². The normalized spacial score (nSPS) is 18.5. The molecule has 7 heteroatoms. The minimum Gasteiger partial charge on any atom is -0.430 e. The van der Waals surface area contributed by atoms with E-state index >= 15 is 0 Å². The first-order chi connectivity index (χ1) is 17.3. The minimum absolute atomic E-state index is 0.168. The van der Waals surface area contributed by atoms with E-state index in [1.807, 2.05) is 80.6 Å². The molecule has 1 saturated heterocycles. The van der Waals surface area contributed by atoms with Crippen molar-refractivity contribution in [3.8, 4) is 0 Å². The summed E-state index contributed by atoms with van der Waals surface area (Å²) in [7, 11) is 0. The summed E-state index contributed by atoms with van der Waals surface area (Å²) in [6.45, 7) is 5.13. The SMILES string of the molecule is CC(C)[C@@H]1N(C(=O)[C@H](C)[C@H](C[N+](=O)[O-])c2ccccc2)C(=O)OC1(c1ccccc1)c1ccccc1. The molecule has 0 N–H and O–H groups in total. The van der Waals surface area contributed by atoms with Gasteiger partial charge in [-0.1, -0.05) is 112 Å². The molecule has 1 aliphatic rings. The molecular weight excluding hydrogens is 456 g/mol. The lowest BCUT2D eigenvalue weighted by atomic mass is 9.75. The molecule has 2 amide bonds. The number of cyclic esters (lactones) is 1. The Hall–Kier alpha value is -4.00. The smallest absolute Gasteiger partial charge is 0.418 e. The first kappa shape index (κ1) is 25.1. The number of imide groups is 1. The third-order valence-electron chi connectivity index (χ3n) is 6.98. The van der Waals surface area contributed by atoms with Gasteiger partial charge >= 0.3 is 6.09 Å². The van der Waals surface area contributed by atoms with E-state index in [1.165, 1.54) is 4.90 Å². The fraction of sp³-hybridized carbons (Fsp3) is 0.310. The zero-order chi connectivity index (χ0) is 25.9. The third-order valence-corrected chi connectivity index (χ3v) is 6.98. The second-order valence-electron chi connectivity index (χ2n) is 9.55. The molecule has 0 saturated carbocycles. The molecule has 0 radical (unpaired) electrons. The van der Waals surface area contributed by atoms with Gasteiger partial charge in [-0.15, -0.1) is 0 Å². The van der Waals surface area contributed by atoms with Crippen LogP contribution in [0.1, 0.15) is 43.4 Å². The number of nitrogens with zero attached hydrogens (tertiary/aromatic N) is 2. The highest BCUT2D eigenvalue weighted by atomic mass is 16.6. The van der Waals surface area contributed by atoms with E-state index in [1.54, 1.807) is 31.2 Å². The van der Waals surface area contributed by atoms with Crippen LogP contribution >= 0.6 is 0 Å². The number of hydrogen-bond donors (Lipinski definition) is 0. The van der Waals surface area contributed by atoms with Crippen molar-refractivity contribution in [2.75, 3.05) is 6.54 Å². The zero-order valence-corrected chi connectivity index (χ0v) is 20.6. The van der Waals surface area contributed by atoms with Crippen LogP contribution in [0.15, 0.2) is 91.0 Å². The lowest BCUT2D eigenvalue weighted by Crippen LogP contribution is -2.51. The predicted molar refractivity (Wildman–Crippen MR) is 136 cm³/mol. The van der Waals surface area contributed by atoms with Crippen molar-refractivity contribution < 1.29 is 19.2 Å². The zero-order valence-electron chi connectivity index (χ0n) is 20.6. The van der Waals surface area contributed by atoms with Gasteiger partial charge in [0.1, 0.15) is 0 Å². The summed E-state index contributed by atoms with van der Waals surface area (Å²) in [5.74, 6) is -2.17. The molecule has 186 valence electrons. The maximum absolute atomic E-state index is 14.0. The number of benzene rings is 3. The van der Waals surface area contributed by atoms with E-state index in [4.69, 9.17) is 4.74 Å². The Morgan fingerprint density at radius 3 is 1.83 bits per heavy atom. The number of hydrogen-bond acceptors (Lipinski definition) is 5. The first-order valence-corrected chi connectivity index (χ1v) is 12.1. The van der Waals surface area contributed by atoms with Crippen LogP contribution < -0.4 is 0 Å². The van der Waals surface area contributed by atoms with Crippen LogP contribution in [0.5, 0.6) is 0 Å². The standard InChI is InChI=1S/C29H30N2O5/c1-20(2)26-29(23-15-9-5-10-16-23,24-17-11-6-12-18-24)36-28(33)31(26)27(32)21(3)25(19-30(34)35)22-13-7-4-8-14-22/h4-18,20-21,25-26H,19H2,1-3H3/t21-,25+,26+/m1/s1. The molecule has 7 nitrogen and oxygen atoms in total. The second kappa shape index (κ2) is 10.3. The molecular formula is C29H30N2O5. The van der Waals surface area contributed by atoms with Gasteiger partial charge in [0.15, 0.2) is 5.60 Å². The summed E-state index contributed by atoms with van der Waals surface area (Å²) >= 11 is 0. The largest absolute Gasteiger partial charge is 0.430 e. The fourth-order valence-corrected chi connectivity index (χ4v) is 5.34. The highest BCUT2D eigenvalue weighted by molar-refractivity contribution is 5.96. The lowest BCUT2D eigenvalue weighted by Gasteiger charge is -2.38. The van der Waals surface area contributed by atoms with Crippen LogP contribution in [0.3, 0.4) is 0 Å². The molecule has 3 atom stereocenters. The van der Waals surface area contributed by atoms with E-state index in [2.05, 4.69) is 0 Å². The average molecular weight is 487 g/mol. The van der Waals surface area contributed by atoms with Crippen LogP contribution in [0, 0.1) is 22.0 Å². The number of ether oxygens (including phenoxy) is 1. The summed E-state index contributed by atoms with van der Waals surface area (Å²) in [6, 6.07) is 27.1. The monoisotopic (exact) mass is 486 g/mol. The number of carbonyl (C=O) groups excluding carboxylic acids is 2. The summed E-state index contributed by atoms with van der Waals surface area (Å²) < 4.78 is 6.18. The Kier molecular flexibility index (Phi) is 7.20. The first-order valence-electron chi connectivity index (χ1n) is 12.1. The van der Waals surface area contributed by atoms with E-state index < -0.39 is 46.9 Å². The maximum atomic E-state index is 14.0. The molecule has 4 rings (SSSR count). The van der Waals surface area contributed by atoms with Gasteiger partial charge in [0.25, 0.3) is 0 Å². The maximum Gasteiger partial charge on any atom is 0.418 e. The fourth-order valence-electron chi connectivity index (χ4n) is 5.34. The van der Waals surface area contributed by atoms with Gasteiger partial charge in [-0.2, -0.15) is 0 Å². The molecule has 0 aliphatic carbocycles. The predicted octanol–water partition coefficient (Wildman–Crippen LogP) is 5.63. The highest BCUT2D eigenvalue weighted by Gasteiger charge is 2.60. The number of carbonyl (C=O) groups is 2. The molecule has 3 aromatic carbocycles. The minimum atomic E-state index is -1.21. The van der Waals surface area contributed by atoms with Gasteiger partial charge in [0, 0.05) is 22.0 Å². The van der Waals surface area contributed by atoms with Crippen molar-refractivity contribution in [3.63, 3.8) is 0 Å². The third kappa shape index (κ3) is 4.49. The van der Waals surface area contributed by atoms with Gasteiger partial charge in [-0.05, 0) is 11.5 Å². The quantitative estimate of drug-likeness (QED) is 0.304. The van der Waals surface area contributed by atoms with E-state index in [-0.39, 0.29) is 5.92 Å². The van der Waals surface area contributed by atoms with Crippen molar-refractivity contribution in [2.45, 2.75) is 38.3 Å². The lowest BCUT2D eigenvalue weighted by molar-refractivity contribution is -0.484. The Bertz CT molecular complexity index is 1170. The van der Waals surface area contributed by atoms with Crippen LogP contribution in [-0.2, 0) is 15.1 Å². The molecule has 0 spiro atoms. The van der Waals surface area contributed by atoms with Gasteiger partial charge in [-0.25, -0.2) is 9.69 Å². The summed E-state index contributed by atoms with van der Waals surface area (Å²) in [5.41, 5.74) is 0.988. The highest BCUT2D eigenvalue weighted by Crippen LogP contribution is 2.48. The van der Waals surface area contributed by atoms with E-state index in [9.17, 15) is 19.7 Å². The molecule has 3 aromatic rings. The topological polar surface area (TPSA) is 89.8 Å². The Morgan fingerprint density at radius 2 is 1.39 bits per heavy atom. The molecule has 1 fully saturated rings. The van der Waals surface area contributed by atoms with Crippen molar-refractivity contribution in [1.82, 2.24) is 4.90 Å². The molecule has 1 heterocycles. The van der Waals surface area contributed by atoms with Gasteiger partial charge < -0.3 is 4.74 Å². The van der Waals surface area contributed by atoms with Crippen molar-refractivity contribution in [3.05, 3.63) is 118 Å². The Morgan fingerprint density at radius 1 is 0.917 bits per heavy atom. The van der Waals surface area contributed by atoms with Gasteiger partial charge in [0.2, 0.25) is 12.5 Å². The van der Waals surface area contributed by atoms with Gasteiger partial charge in [-0.3, -0.25) is 14.9 Å². The number of nitro groups is 1. The van der Waals surface area contributed by atoms with Crippen molar-refractivity contribution in [1.29, 1.82) is 0 Å². The molecule has 0 unspecified atom stereocenters. The molecule has 0 bridgehead atoms. The number of amides is 2. The van der Waals surface area contributed by atoms with Crippen LogP contribution in [0.25, 0.3) is 0 Å². The summed E-state index contributed by atoms with van der Waals surface area (Å²) in [5, 5.41) is 11.5. The van der Waals surface area contributed by atoms with Gasteiger partial charge in [0.05, 0.1) is 12.0 Å². The molecule has 1 aliphatic heterocycles. The average Bonchev–Trinajstić information content (AvgIpc) is 3.22. The van der Waals surface area contributed by atoms with Crippen molar-refractivity contribution in [2.24, 2.45) is 11.8 Å². The second-order valence-corrected chi connectivity index (χ2v) is 9.55. The van der Waals surface area contributed by atoms with Crippen LogP contribution in [0.2, 0.25) is 0 Å². The molecule has 0 aromatic heterocycles. The van der Waals surface area contributed by atoms with E-state index in [0.29, 0.717) is 5.56 Å². The van der Waals surface area contributed by atoms with E-state index in [0.717, 1.165) is 11.1 Å². The number of rotatable bonds is 8. The summed E-state index contributed by atoms with van der Waals surface area (Å²) in [4.78, 5) is 39.9.